The number of benzene rings is 1. The number of esters is 1. The minimum Gasteiger partial charge on any atom is -0.545 e. The highest BCUT2D eigenvalue weighted by atomic mass is 32.2. The Morgan fingerprint density at radius 2 is 1.96 bits per heavy atom. The zero-order valence-corrected chi connectivity index (χ0v) is 15.6. The molecule has 0 bridgehead atoms. The first-order valence-corrected chi connectivity index (χ1v) is 9.27. The Morgan fingerprint density at radius 1 is 1.25 bits per heavy atom. The number of carbonyl (C=O) groups excluding carboxylic acids is 4. The molecule has 2 heterocycles. The van der Waals surface area contributed by atoms with Gasteiger partial charge in [-0.3, -0.25) is 9.59 Å². The van der Waals surface area contributed by atoms with Crippen molar-refractivity contribution in [1.82, 2.24) is 4.98 Å². The minimum atomic E-state index is -1.40. The van der Waals surface area contributed by atoms with Crippen LogP contribution in [0.1, 0.15) is 34.1 Å². The Morgan fingerprint density at radius 3 is 2.61 bits per heavy atom. The molecule has 0 aliphatic carbocycles. The summed E-state index contributed by atoms with van der Waals surface area (Å²) in [6.07, 6.45) is 1.31. The number of thioether (sulfide) groups is 1. The van der Waals surface area contributed by atoms with Crippen LogP contribution in [-0.2, 0) is 14.3 Å². The highest BCUT2D eigenvalue weighted by molar-refractivity contribution is 8.00. The van der Waals surface area contributed by atoms with Gasteiger partial charge in [-0.15, -0.1) is 0 Å². The van der Waals surface area contributed by atoms with Gasteiger partial charge in [0.2, 0.25) is 11.8 Å². The molecule has 1 unspecified atom stereocenters. The summed E-state index contributed by atoms with van der Waals surface area (Å²) in [5.41, 5.74) is 0.500. The second-order valence-corrected chi connectivity index (χ2v) is 6.98. The predicted molar refractivity (Wildman–Crippen MR) is 97.7 cm³/mol. The maximum Gasteiger partial charge on any atom is 0.338 e. The van der Waals surface area contributed by atoms with E-state index in [-0.39, 0.29) is 23.6 Å². The van der Waals surface area contributed by atoms with E-state index in [0.29, 0.717) is 11.3 Å². The van der Waals surface area contributed by atoms with E-state index in [0.717, 1.165) is 16.7 Å². The number of nitrogens with zero attached hydrogens (tertiary/aromatic N) is 2. The quantitative estimate of drug-likeness (QED) is 0.523. The zero-order valence-electron chi connectivity index (χ0n) is 14.8. The van der Waals surface area contributed by atoms with Crippen LogP contribution in [0.3, 0.4) is 0 Å². The van der Waals surface area contributed by atoms with Crippen LogP contribution >= 0.6 is 11.8 Å². The number of amides is 2. The Kier molecular flexibility index (Phi) is 5.74. The molecule has 0 spiro atoms. The lowest BCUT2D eigenvalue weighted by molar-refractivity contribution is -0.255. The van der Waals surface area contributed by atoms with Gasteiger partial charge in [0.1, 0.15) is 5.03 Å². The van der Waals surface area contributed by atoms with Crippen molar-refractivity contribution in [3.8, 4) is 0 Å². The zero-order chi connectivity index (χ0) is 20.3. The highest BCUT2D eigenvalue weighted by Crippen LogP contribution is 2.34. The van der Waals surface area contributed by atoms with Gasteiger partial charge >= 0.3 is 5.97 Å². The molecule has 2 aromatic rings. The van der Waals surface area contributed by atoms with Crippen molar-refractivity contribution in [3.05, 3.63) is 53.7 Å². The summed E-state index contributed by atoms with van der Waals surface area (Å²) >= 11 is 0.913. The van der Waals surface area contributed by atoms with Crippen molar-refractivity contribution < 1.29 is 29.0 Å². The standard InChI is InChI=1S/C19H16N2O6S/c1-2-27-19(26)11-5-7-12(8-6-11)21-15(22)10-14(17(21)23)28-16-13(18(24)25)4-3-9-20-16/h3-9,14H,2,10H2,1H3,(H,24,25)/p-1. The van der Waals surface area contributed by atoms with Crippen LogP contribution < -0.4 is 10.0 Å². The first-order chi connectivity index (χ1) is 13.4. The lowest BCUT2D eigenvalue weighted by Gasteiger charge is -2.16. The summed E-state index contributed by atoms with van der Waals surface area (Å²) in [6, 6.07) is 8.71. The van der Waals surface area contributed by atoms with Crippen LogP contribution in [-0.4, -0.2) is 40.6 Å². The van der Waals surface area contributed by atoms with Gasteiger partial charge < -0.3 is 14.6 Å². The molecule has 0 radical (unpaired) electrons. The molecular formula is C19H15N2O6S-. The Bertz CT molecular complexity index is 944. The van der Waals surface area contributed by atoms with E-state index in [1.165, 1.54) is 42.6 Å². The summed E-state index contributed by atoms with van der Waals surface area (Å²) in [4.78, 5) is 53.0. The number of rotatable bonds is 6. The Labute approximate surface area is 164 Å². The number of aromatic nitrogens is 1. The van der Waals surface area contributed by atoms with E-state index in [1.54, 1.807) is 6.92 Å². The van der Waals surface area contributed by atoms with Crippen molar-refractivity contribution >= 4 is 41.2 Å². The highest BCUT2D eigenvalue weighted by Gasteiger charge is 2.40. The van der Waals surface area contributed by atoms with Crippen molar-refractivity contribution in [3.63, 3.8) is 0 Å². The SMILES string of the molecule is CCOC(=O)c1ccc(N2C(=O)CC(Sc3ncccc3C(=O)[O-])C2=O)cc1. The number of anilines is 1. The number of aromatic carboxylic acids is 1. The summed E-state index contributed by atoms with van der Waals surface area (Å²) < 4.78 is 4.90. The number of hydrogen-bond acceptors (Lipinski definition) is 8. The van der Waals surface area contributed by atoms with Crippen molar-refractivity contribution in [1.29, 1.82) is 0 Å². The molecule has 144 valence electrons. The Balaban J connectivity index is 1.79. The molecule has 0 saturated carbocycles. The van der Waals surface area contributed by atoms with Gasteiger partial charge in [0, 0.05) is 18.2 Å². The van der Waals surface area contributed by atoms with Gasteiger partial charge in [0.25, 0.3) is 0 Å². The van der Waals surface area contributed by atoms with Gasteiger partial charge in [-0.1, -0.05) is 11.8 Å². The molecule has 0 N–H and O–H groups in total. The molecule has 1 aliphatic heterocycles. The lowest BCUT2D eigenvalue weighted by atomic mass is 10.2. The van der Waals surface area contributed by atoms with Gasteiger partial charge in [-0.2, -0.15) is 0 Å². The number of ether oxygens (including phenoxy) is 1. The van der Waals surface area contributed by atoms with Crippen LogP contribution in [0.5, 0.6) is 0 Å². The maximum absolute atomic E-state index is 12.7. The Hall–Kier alpha value is -3.20. The number of carboxylic acids is 1. The second-order valence-electron chi connectivity index (χ2n) is 5.79. The molecule has 1 aromatic carbocycles. The van der Waals surface area contributed by atoms with E-state index in [1.807, 2.05) is 0 Å². The van der Waals surface area contributed by atoms with E-state index < -0.39 is 29.0 Å². The second kappa shape index (κ2) is 8.22. The average Bonchev–Trinajstić information content (AvgIpc) is 2.95. The predicted octanol–water partition coefficient (Wildman–Crippen LogP) is 1.05. The van der Waals surface area contributed by atoms with E-state index in [9.17, 15) is 24.3 Å². The molecule has 9 heteroatoms. The number of imide groups is 1. The van der Waals surface area contributed by atoms with E-state index >= 15 is 0 Å². The lowest BCUT2D eigenvalue weighted by Crippen LogP contribution is -2.31. The van der Waals surface area contributed by atoms with Crippen molar-refractivity contribution in [2.45, 2.75) is 23.6 Å². The molecule has 2 amide bonds. The van der Waals surface area contributed by atoms with Crippen LogP contribution in [0.4, 0.5) is 5.69 Å². The monoisotopic (exact) mass is 399 g/mol. The van der Waals surface area contributed by atoms with Gasteiger partial charge in [-0.05, 0) is 43.3 Å². The third-order valence-corrected chi connectivity index (χ3v) is 5.19. The molecule has 1 fully saturated rings. The minimum absolute atomic E-state index is 0.0911. The molecule has 1 saturated heterocycles. The summed E-state index contributed by atoms with van der Waals surface area (Å²) in [7, 11) is 0. The van der Waals surface area contributed by atoms with E-state index in [4.69, 9.17) is 4.74 Å². The first-order valence-electron chi connectivity index (χ1n) is 8.39. The number of hydrogen-bond donors (Lipinski definition) is 0. The smallest absolute Gasteiger partial charge is 0.338 e. The number of carbonyl (C=O) groups is 4. The van der Waals surface area contributed by atoms with Crippen LogP contribution in [0.15, 0.2) is 47.6 Å². The van der Waals surface area contributed by atoms with Gasteiger partial charge in [0.05, 0.1) is 29.1 Å². The van der Waals surface area contributed by atoms with E-state index in [2.05, 4.69) is 4.98 Å². The van der Waals surface area contributed by atoms with Gasteiger partial charge in [0.15, 0.2) is 0 Å². The fraction of sp³-hybridized carbons (Fsp3) is 0.211. The third kappa shape index (κ3) is 3.89. The molecular weight excluding hydrogens is 384 g/mol. The maximum atomic E-state index is 12.7. The van der Waals surface area contributed by atoms with Gasteiger partial charge in [-0.25, -0.2) is 14.7 Å². The molecule has 1 aliphatic rings. The largest absolute Gasteiger partial charge is 0.545 e. The molecule has 28 heavy (non-hydrogen) atoms. The number of carboxylic acid groups (broad SMARTS) is 1. The van der Waals surface area contributed by atoms with Crippen LogP contribution in [0.25, 0.3) is 0 Å². The van der Waals surface area contributed by atoms with Crippen molar-refractivity contribution in [2.75, 3.05) is 11.5 Å². The topological polar surface area (TPSA) is 117 Å². The summed E-state index contributed by atoms with van der Waals surface area (Å²) in [5, 5.41) is 10.5. The molecule has 3 rings (SSSR count). The molecule has 8 nitrogen and oxygen atoms in total. The van der Waals surface area contributed by atoms with Crippen molar-refractivity contribution in [2.24, 2.45) is 0 Å². The summed E-state index contributed by atoms with van der Waals surface area (Å²) in [5.74, 6) is -2.79. The third-order valence-electron chi connectivity index (χ3n) is 3.99. The molecule has 1 aromatic heterocycles. The number of pyridine rings is 1. The first kappa shape index (κ1) is 19.6. The van der Waals surface area contributed by atoms with Crippen LogP contribution in [0, 0.1) is 0 Å². The fourth-order valence-electron chi connectivity index (χ4n) is 2.70. The normalized spacial score (nSPS) is 16.3. The average molecular weight is 399 g/mol. The van der Waals surface area contributed by atoms with Crippen LogP contribution in [0.2, 0.25) is 0 Å². The molecule has 1 atom stereocenters. The fourth-order valence-corrected chi connectivity index (χ4v) is 3.80. The summed E-state index contributed by atoms with van der Waals surface area (Å²) in [6.45, 7) is 1.93.